The van der Waals surface area contributed by atoms with Crippen LogP contribution in [0.5, 0.6) is 0 Å². The van der Waals surface area contributed by atoms with E-state index in [0.717, 1.165) is 12.5 Å². The highest BCUT2D eigenvalue weighted by Crippen LogP contribution is 2.39. The van der Waals surface area contributed by atoms with Gasteiger partial charge in [-0.25, -0.2) is 0 Å². The Morgan fingerprint density at radius 2 is 1.25 bits per heavy atom. The molecule has 1 nitrogen and oxygen atoms in total. The Labute approximate surface area is 77.9 Å². The van der Waals surface area contributed by atoms with E-state index in [1.807, 2.05) is 7.05 Å². The first-order valence-corrected chi connectivity index (χ1v) is 4.84. The van der Waals surface area contributed by atoms with Crippen molar-refractivity contribution in [2.75, 3.05) is 13.6 Å². The average molecular weight is 171 g/mol. The molecule has 12 heavy (non-hydrogen) atoms. The van der Waals surface area contributed by atoms with Gasteiger partial charge in [-0.2, -0.15) is 0 Å². The van der Waals surface area contributed by atoms with Crippen LogP contribution in [0.4, 0.5) is 0 Å². The molecule has 0 spiro atoms. The molecule has 0 atom stereocenters. The van der Waals surface area contributed by atoms with Gasteiger partial charge >= 0.3 is 0 Å². The summed E-state index contributed by atoms with van der Waals surface area (Å²) in [6.07, 6.45) is 0. The Bertz CT molecular complexity index is 111. The highest BCUT2D eigenvalue weighted by Gasteiger charge is 2.33. The topological polar surface area (TPSA) is 12.0 Å². The molecule has 0 bridgehead atoms. The van der Waals surface area contributed by atoms with Crippen molar-refractivity contribution in [2.45, 2.75) is 41.5 Å². The van der Waals surface area contributed by atoms with Gasteiger partial charge in [-0.1, -0.05) is 41.5 Å². The zero-order chi connectivity index (χ0) is 9.99. The van der Waals surface area contributed by atoms with Crippen molar-refractivity contribution in [3.05, 3.63) is 0 Å². The number of nitrogens with one attached hydrogen (secondary N) is 1. The van der Waals surface area contributed by atoms with Gasteiger partial charge in [0.05, 0.1) is 0 Å². The predicted molar refractivity (Wildman–Crippen MR) is 56.3 cm³/mol. The molecule has 0 fully saturated rings. The Kier molecular flexibility index (Phi) is 3.77. The molecule has 0 aliphatic carbocycles. The molecule has 0 saturated carbocycles. The van der Waals surface area contributed by atoms with Crippen LogP contribution in [0.2, 0.25) is 0 Å². The highest BCUT2D eigenvalue weighted by molar-refractivity contribution is 4.84. The zero-order valence-corrected chi connectivity index (χ0v) is 9.78. The average Bonchev–Trinajstić information content (AvgIpc) is 1.77. The first-order chi connectivity index (χ1) is 5.19. The van der Waals surface area contributed by atoms with E-state index in [1.54, 1.807) is 0 Å². The minimum atomic E-state index is 0.390. The molecule has 0 aromatic heterocycles. The van der Waals surface area contributed by atoms with Gasteiger partial charge < -0.3 is 5.32 Å². The molecule has 0 unspecified atom stereocenters. The van der Waals surface area contributed by atoms with E-state index in [-0.39, 0.29) is 0 Å². The van der Waals surface area contributed by atoms with Crippen molar-refractivity contribution >= 4 is 0 Å². The lowest BCUT2D eigenvalue weighted by molar-refractivity contribution is 0.103. The third-order valence-electron chi connectivity index (χ3n) is 2.50. The SMILES string of the molecule is CNCC(C(C)(C)C)C(C)(C)C. The lowest BCUT2D eigenvalue weighted by Gasteiger charge is -2.40. The van der Waals surface area contributed by atoms with Crippen LogP contribution < -0.4 is 5.32 Å². The van der Waals surface area contributed by atoms with Crippen LogP contribution in [0.25, 0.3) is 0 Å². The van der Waals surface area contributed by atoms with Gasteiger partial charge in [0.2, 0.25) is 0 Å². The van der Waals surface area contributed by atoms with Gasteiger partial charge in [-0.3, -0.25) is 0 Å². The lowest BCUT2D eigenvalue weighted by Crippen LogP contribution is -2.39. The molecule has 0 aliphatic heterocycles. The summed E-state index contributed by atoms with van der Waals surface area (Å²) in [4.78, 5) is 0. The molecule has 0 aliphatic rings. The monoisotopic (exact) mass is 171 g/mol. The second kappa shape index (κ2) is 3.78. The second-order valence-electron chi connectivity index (χ2n) is 5.84. The fraction of sp³-hybridized carbons (Fsp3) is 1.00. The van der Waals surface area contributed by atoms with Gasteiger partial charge in [0.15, 0.2) is 0 Å². The minimum Gasteiger partial charge on any atom is -0.319 e. The van der Waals surface area contributed by atoms with E-state index in [1.165, 1.54) is 0 Å². The zero-order valence-electron chi connectivity index (χ0n) is 9.78. The van der Waals surface area contributed by atoms with Gasteiger partial charge in [0.25, 0.3) is 0 Å². The van der Waals surface area contributed by atoms with Crippen LogP contribution in [0.3, 0.4) is 0 Å². The third kappa shape index (κ3) is 3.57. The molecular weight excluding hydrogens is 146 g/mol. The van der Waals surface area contributed by atoms with Crippen molar-refractivity contribution in [1.82, 2.24) is 5.32 Å². The Balaban J connectivity index is 4.45. The molecule has 1 heteroatoms. The van der Waals surface area contributed by atoms with E-state index >= 15 is 0 Å². The fourth-order valence-electron chi connectivity index (χ4n) is 2.12. The Morgan fingerprint density at radius 3 is 1.33 bits per heavy atom. The molecule has 0 heterocycles. The molecule has 0 aromatic carbocycles. The van der Waals surface area contributed by atoms with E-state index in [9.17, 15) is 0 Å². The van der Waals surface area contributed by atoms with E-state index in [0.29, 0.717) is 10.8 Å². The van der Waals surface area contributed by atoms with Crippen LogP contribution in [-0.4, -0.2) is 13.6 Å². The minimum absolute atomic E-state index is 0.390. The molecular formula is C11H25N. The maximum Gasteiger partial charge on any atom is -0.00135 e. The molecule has 0 amide bonds. The van der Waals surface area contributed by atoms with Gasteiger partial charge in [-0.05, 0) is 30.3 Å². The maximum atomic E-state index is 3.28. The first-order valence-electron chi connectivity index (χ1n) is 4.84. The summed E-state index contributed by atoms with van der Waals surface area (Å²) in [7, 11) is 2.03. The summed E-state index contributed by atoms with van der Waals surface area (Å²) in [5.74, 6) is 0.718. The maximum absolute atomic E-state index is 3.28. The van der Waals surface area contributed by atoms with Crippen LogP contribution in [-0.2, 0) is 0 Å². The van der Waals surface area contributed by atoms with E-state index in [4.69, 9.17) is 0 Å². The van der Waals surface area contributed by atoms with Crippen LogP contribution in [0, 0.1) is 16.7 Å². The van der Waals surface area contributed by atoms with E-state index < -0.39 is 0 Å². The normalized spacial score (nSPS) is 14.0. The standard InChI is InChI=1S/C11H25N/c1-10(2,3)9(8-12-7)11(4,5)6/h9,12H,8H2,1-7H3. The molecule has 74 valence electrons. The molecule has 0 saturated heterocycles. The second-order valence-corrected chi connectivity index (χ2v) is 5.84. The predicted octanol–water partition coefficient (Wildman–Crippen LogP) is 2.91. The number of rotatable bonds is 2. The number of hydrogen-bond donors (Lipinski definition) is 1. The van der Waals surface area contributed by atoms with Crippen molar-refractivity contribution in [1.29, 1.82) is 0 Å². The number of hydrogen-bond acceptors (Lipinski definition) is 1. The summed E-state index contributed by atoms with van der Waals surface area (Å²) in [6.45, 7) is 15.0. The van der Waals surface area contributed by atoms with Crippen molar-refractivity contribution in [3.8, 4) is 0 Å². The highest BCUT2D eigenvalue weighted by atomic mass is 14.8. The van der Waals surface area contributed by atoms with Crippen molar-refractivity contribution in [3.63, 3.8) is 0 Å². The van der Waals surface area contributed by atoms with Crippen LogP contribution in [0.15, 0.2) is 0 Å². The molecule has 0 aromatic rings. The third-order valence-corrected chi connectivity index (χ3v) is 2.50. The lowest BCUT2D eigenvalue weighted by atomic mass is 9.67. The molecule has 0 radical (unpaired) electrons. The Hall–Kier alpha value is -0.0400. The summed E-state index contributed by atoms with van der Waals surface area (Å²) < 4.78 is 0. The summed E-state index contributed by atoms with van der Waals surface area (Å²) in [5.41, 5.74) is 0.780. The smallest absolute Gasteiger partial charge is 0.00135 e. The molecule has 1 N–H and O–H groups in total. The van der Waals surface area contributed by atoms with Gasteiger partial charge in [0.1, 0.15) is 0 Å². The summed E-state index contributed by atoms with van der Waals surface area (Å²) >= 11 is 0. The van der Waals surface area contributed by atoms with Crippen molar-refractivity contribution in [2.24, 2.45) is 16.7 Å². The first kappa shape index (κ1) is 12.0. The van der Waals surface area contributed by atoms with E-state index in [2.05, 4.69) is 46.9 Å². The molecule has 0 rings (SSSR count). The van der Waals surface area contributed by atoms with Crippen LogP contribution in [0.1, 0.15) is 41.5 Å². The van der Waals surface area contributed by atoms with Gasteiger partial charge in [-0.15, -0.1) is 0 Å². The fourth-order valence-corrected chi connectivity index (χ4v) is 2.12. The van der Waals surface area contributed by atoms with Gasteiger partial charge in [0, 0.05) is 0 Å². The summed E-state index contributed by atoms with van der Waals surface area (Å²) in [6, 6.07) is 0. The Morgan fingerprint density at radius 1 is 0.917 bits per heavy atom. The van der Waals surface area contributed by atoms with Crippen molar-refractivity contribution < 1.29 is 0 Å². The summed E-state index contributed by atoms with van der Waals surface area (Å²) in [5, 5.41) is 3.28. The largest absolute Gasteiger partial charge is 0.319 e. The van der Waals surface area contributed by atoms with Crippen LogP contribution >= 0.6 is 0 Å². The quantitative estimate of drug-likeness (QED) is 0.673.